The van der Waals surface area contributed by atoms with Crippen molar-refractivity contribution < 1.29 is 9.47 Å². The second kappa shape index (κ2) is 7.09. The third-order valence-electron chi connectivity index (χ3n) is 6.50. The number of fused-ring (bicyclic) bond motifs is 1. The van der Waals surface area contributed by atoms with Crippen LogP contribution in [-0.4, -0.2) is 57.6 Å². The van der Waals surface area contributed by atoms with E-state index in [4.69, 9.17) is 14.5 Å². The van der Waals surface area contributed by atoms with E-state index in [1.165, 1.54) is 0 Å². The van der Waals surface area contributed by atoms with Crippen molar-refractivity contribution >= 4 is 17.0 Å². The predicted octanol–water partition coefficient (Wildman–Crippen LogP) is 2.12. The Morgan fingerprint density at radius 2 is 2.10 bits per heavy atom. The van der Waals surface area contributed by atoms with Crippen LogP contribution in [0.5, 0.6) is 5.88 Å². The standard InChI is InChI=1S/C21H26N6O3/c1-13-10-21(12-30-13)6-8-27(9-7-21)20-23-18-16(19(28)26(20)2)17(24-25-18)14-4-5-15(29-3)22-11-14/h4-5,11,13H,6-10,12H2,1-3H3,(H,24,25)/t13-/m0/s1. The summed E-state index contributed by atoms with van der Waals surface area (Å²) in [4.78, 5) is 24.4. The Morgan fingerprint density at radius 1 is 1.30 bits per heavy atom. The Bertz CT molecular complexity index is 1130. The van der Waals surface area contributed by atoms with Gasteiger partial charge in [-0.25, -0.2) is 4.98 Å². The number of anilines is 1. The molecule has 158 valence electrons. The molecule has 2 aliphatic rings. The number of hydrogen-bond acceptors (Lipinski definition) is 7. The van der Waals surface area contributed by atoms with Crippen molar-refractivity contribution in [1.82, 2.24) is 24.7 Å². The first-order valence-corrected chi connectivity index (χ1v) is 10.3. The second-order valence-corrected chi connectivity index (χ2v) is 8.47. The van der Waals surface area contributed by atoms with Crippen molar-refractivity contribution in [2.45, 2.75) is 32.3 Å². The van der Waals surface area contributed by atoms with Gasteiger partial charge in [0, 0.05) is 38.0 Å². The van der Waals surface area contributed by atoms with Crippen molar-refractivity contribution in [3.63, 3.8) is 0 Å². The molecule has 0 aromatic carbocycles. The Hall–Kier alpha value is -2.94. The van der Waals surface area contributed by atoms with Crippen LogP contribution in [0.25, 0.3) is 22.3 Å². The van der Waals surface area contributed by atoms with E-state index in [9.17, 15) is 4.79 Å². The minimum Gasteiger partial charge on any atom is -0.481 e. The fourth-order valence-corrected chi connectivity index (χ4v) is 4.76. The molecule has 0 bridgehead atoms. The van der Waals surface area contributed by atoms with Gasteiger partial charge in [-0.05, 0) is 37.7 Å². The summed E-state index contributed by atoms with van der Waals surface area (Å²) in [5.74, 6) is 1.19. The normalized spacial score (nSPS) is 20.9. The highest BCUT2D eigenvalue weighted by atomic mass is 16.5. The molecule has 0 amide bonds. The lowest BCUT2D eigenvalue weighted by Gasteiger charge is -2.39. The van der Waals surface area contributed by atoms with Crippen LogP contribution in [0.4, 0.5) is 5.95 Å². The topological polar surface area (TPSA) is 98.2 Å². The number of rotatable bonds is 3. The molecule has 3 aromatic rings. The van der Waals surface area contributed by atoms with Gasteiger partial charge in [-0.3, -0.25) is 14.5 Å². The third kappa shape index (κ3) is 3.04. The van der Waals surface area contributed by atoms with E-state index in [0.717, 1.165) is 44.5 Å². The zero-order chi connectivity index (χ0) is 20.9. The molecule has 0 aliphatic carbocycles. The summed E-state index contributed by atoms with van der Waals surface area (Å²) in [5, 5.41) is 7.77. The number of ether oxygens (including phenoxy) is 2. The molecule has 0 saturated carbocycles. The van der Waals surface area contributed by atoms with Crippen molar-refractivity contribution in [2.24, 2.45) is 12.5 Å². The molecule has 9 nitrogen and oxygen atoms in total. The summed E-state index contributed by atoms with van der Waals surface area (Å²) in [6.07, 6.45) is 5.21. The molecule has 0 unspecified atom stereocenters. The highest BCUT2D eigenvalue weighted by Gasteiger charge is 2.41. The first-order valence-electron chi connectivity index (χ1n) is 10.3. The molecule has 2 fully saturated rings. The molecule has 1 atom stereocenters. The van der Waals surface area contributed by atoms with Gasteiger partial charge in [0.1, 0.15) is 11.1 Å². The summed E-state index contributed by atoms with van der Waals surface area (Å²) < 4.78 is 12.6. The van der Waals surface area contributed by atoms with Gasteiger partial charge in [-0.15, -0.1) is 0 Å². The number of aromatic amines is 1. The summed E-state index contributed by atoms with van der Waals surface area (Å²) in [6, 6.07) is 3.59. The summed E-state index contributed by atoms with van der Waals surface area (Å²) in [5.41, 5.74) is 1.95. The average Bonchev–Trinajstić information content (AvgIpc) is 3.35. The van der Waals surface area contributed by atoms with E-state index in [1.807, 2.05) is 6.07 Å². The number of aromatic nitrogens is 5. The number of nitrogens with zero attached hydrogens (tertiary/aromatic N) is 5. The maximum Gasteiger partial charge on any atom is 0.266 e. The maximum atomic E-state index is 13.2. The molecule has 30 heavy (non-hydrogen) atoms. The van der Waals surface area contributed by atoms with Crippen LogP contribution in [0.1, 0.15) is 26.2 Å². The van der Waals surface area contributed by atoms with Crippen molar-refractivity contribution in [3.05, 3.63) is 28.7 Å². The molecule has 9 heteroatoms. The Morgan fingerprint density at radius 3 is 2.73 bits per heavy atom. The number of H-pyrrole nitrogens is 1. The fraction of sp³-hybridized carbons (Fsp3) is 0.524. The summed E-state index contributed by atoms with van der Waals surface area (Å²) >= 11 is 0. The van der Waals surface area contributed by atoms with Gasteiger partial charge in [-0.2, -0.15) is 10.1 Å². The third-order valence-corrected chi connectivity index (χ3v) is 6.50. The molecule has 1 spiro atoms. The van der Waals surface area contributed by atoms with Crippen molar-refractivity contribution in [1.29, 1.82) is 0 Å². The number of piperidine rings is 1. The number of nitrogens with one attached hydrogen (secondary N) is 1. The quantitative estimate of drug-likeness (QED) is 0.706. The molecular weight excluding hydrogens is 384 g/mol. The Balaban J connectivity index is 1.47. The van der Waals surface area contributed by atoms with Crippen LogP contribution < -0.4 is 15.2 Å². The zero-order valence-corrected chi connectivity index (χ0v) is 17.5. The van der Waals surface area contributed by atoms with E-state index in [0.29, 0.717) is 34.7 Å². The Labute approximate surface area is 174 Å². The molecular formula is C21H26N6O3. The van der Waals surface area contributed by atoms with Crippen LogP contribution >= 0.6 is 0 Å². The van der Waals surface area contributed by atoms with Gasteiger partial charge in [0.05, 0.1) is 19.8 Å². The lowest BCUT2D eigenvalue weighted by atomic mass is 9.77. The van der Waals surface area contributed by atoms with E-state index in [2.05, 4.69) is 27.0 Å². The zero-order valence-electron chi connectivity index (χ0n) is 17.5. The number of hydrogen-bond donors (Lipinski definition) is 1. The largest absolute Gasteiger partial charge is 0.481 e. The summed E-state index contributed by atoms with van der Waals surface area (Å²) in [7, 11) is 3.34. The smallest absolute Gasteiger partial charge is 0.266 e. The van der Waals surface area contributed by atoms with Crippen LogP contribution in [0.2, 0.25) is 0 Å². The van der Waals surface area contributed by atoms with Gasteiger partial charge in [0.25, 0.3) is 5.56 Å². The summed E-state index contributed by atoms with van der Waals surface area (Å²) in [6.45, 7) is 4.72. The monoisotopic (exact) mass is 410 g/mol. The second-order valence-electron chi connectivity index (χ2n) is 8.47. The van der Waals surface area contributed by atoms with Crippen molar-refractivity contribution in [3.8, 4) is 17.1 Å². The Kier molecular flexibility index (Phi) is 4.50. The minimum absolute atomic E-state index is 0.118. The first-order chi connectivity index (χ1) is 14.5. The predicted molar refractivity (Wildman–Crippen MR) is 113 cm³/mol. The lowest BCUT2D eigenvalue weighted by Crippen LogP contribution is -2.43. The highest BCUT2D eigenvalue weighted by molar-refractivity contribution is 5.90. The molecule has 2 saturated heterocycles. The lowest BCUT2D eigenvalue weighted by molar-refractivity contribution is 0.0974. The number of pyridine rings is 1. The molecule has 5 heterocycles. The van der Waals surface area contributed by atoms with E-state index < -0.39 is 0 Å². The maximum absolute atomic E-state index is 13.2. The van der Waals surface area contributed by atoms with Crippen LogP contribution in [-0.2, 0) is 11.8 Å². The van der Waals surface area contributed by atoms with Gasteiger partial charge < -0.3 is 14.4 Å². The SMILES string of the molecule is COc1ccc(-c2n[nH]c3nc(N4CCC5(CC4)CO[C@@H](C)C5)n(C)c(=O)c23)cn1. The van der Waals surface area contributed by atoms with Crippen LogP contribution in [0.15, 0.2) is 23.1 Å². The van der Waals surface area contributed by atoms with E-state index in [1.54, 1.807) is 31.0 Å². The number of methoxy groups -OCH3 is 1. The minimum atomic E-state index is -0.118. The fourth-order valence-electron chi connectivity index (χ4n) is 4.76. The van der Waals surface area contributed by atoms with Crippen LogP contribution in [0, 0.1) is 5.41 Å². The molecule has 2 aliphatic heterocycles. The van der Waals surface area contributed by atoms with Gasteiger partial charge in [0.15, 0.2) is 5.65 Å². The van der Waals surface area contributed by atoms with Gasteiger partial charge in [0.2, 0.25) is 11.8 Å². The first kappa shape index (κ1) is 19.0. The average molecular weight is 410 g/mol. The van der Waals surface area contributed by atoms with E-state index in [-0.39, 0.29) is 11.0 Å². The molecule has 3 aromatic heterocycles. The van der Waals surface area contributed by atoms with Gasteiger partial charge in [-0.1, -0.05) is 0 Å². The van der Waals surface area contributed by atoms with Crippen molar-refractivity contribution in [2.75, 3.05) is 31.7 Å². The van der Waals surface area contributed by atoms with E-state index >= 15 is 0 Å². The van der Waals surface area contributed by atoms with Crippen LogP contribution in [0.3, 0.4) is 0 Å². The molecule has 1 N–H and O–H groups in total. The highest BCUT2D eigenvalue weighted by Crippen LogP contribution is 2.42. The molecule has 5 rings (SSSR count). The van der Waals surface area contributed by atoms with Gasteiger partial charge >= 0.3 is 0 Å². The molecule has 0 radical (unpaired) electrons.